The highest BCUT2D eigenvalue weighted by Gasteiger charge is 2.37. The highest BCUT2D eigenvalue weighted by Crippen LogP contribution is 2.47. The molecule has 2 heterocycles. The quantitative estimate of drug-likeness (QED) is 0.318. The molecule has 1 aromatic carbocycles. The summed E-state index contributed by atoms with van der Waals surface area (Å²) in [5.74, 6) is 0.0816. The summed E-state index contributed by atoms with van der Waals surface area (Å²) in [5.41, 5.74) is 4.14. The number of urea groups is 1. The molecule has 4 amide bonds. The van der Waals surface area contributed by atoms with Gasteiger partial charge in [-0.3, -0.25) is 9.58 Å². The minimum atomic E-state index is -1.11. The maximum absolute atomic E-state index is 14.2. The van der Waals surface area contributed by atoms with Crippen molar-refractivity contribution in [2.75, 3.05) is 41.7 Å². The van der Waals surface area contributed by atoms with E-state index < -0.39 is 29.4 Å². The third-order valence-corrected chi connectivity index (χ3v) is 6.39. The van der Waals surface area contributed by atoms with Crippen LogP contribution in [0, 0.1) is 0 Å². The number of benzene rings is 1. The molecule has 3 aromatic rings. The number of methoxy groups -OCH3 is 2. The van der Waals surface area contributed by atoms with E-state index in [1.54, 1.807) is 48.6 Å². The second kappa shape index (κ2) is 13.2. The van der Waals surface area contributed by atoms with Gasteiger partial charge in [-0.05, 0) is 41.5 Å². The monoisotopic (exact) mass is 666 g/mol. The van der Waals surface area contributed by atoms with Gasteiger partial charge < -0.3 is 24.7 Å². The van der Waals surface area contributed by atoms with E-state index in [-0.39, 0.29) is 50.4 Å². The van der Waals surface area contributed by atoms with Crippen molar-refractivity contribution in [3.63, 3.8) is 0 Å². The fourth-order valence-electron chi connectivity index (χ4n) is 3.80. The van der Waals surface area contributed by atoms with Gasteiger partial charge >= 0.3 is 18.2 Å². The van der Waals surface area contributed by atoms with Crippen LogP contribution < -0.4 is 29.9 Å². The third kappa shape index (κ3) is 7.97. The Kier molecular flexibility index (Phi) is 10.3. The number of nitrogens with zero attached hydrogens (tertiary/aromatic N) is 7. The lowest BCUT2D eigenvalue weighted by atomic mass is 10.2. The topological polar surface area (TPSA) is 167 Å². The predicted molar refractivity (Wildman–Crippen MR) is 170 cm³/mol. The molecule has 0 bridgehead atoms. The summed E-state index contributed by atoms with van der Waals surface area (Å²) in [7, 11) is 5.65. The third-order valence-electron chi connectivity index (χ3n) is 5.66. The first kappa shape index (κ1) is 35.0. The van der Waals surface area contributed by atoms with E-state index in [9.17, 15) is 14.4 Å². The van der Waals surface area contributed by atoms with Gasteiger partial charge in [-0.25, -0.2) is 29.3 Å². The normalized spacial score (nSPS) is 11.5. The van der Waals surface area contributed by atoms with Crippen LogP contribution in [0.3, 0.4) is 0 Å². The van der Waals surface area contributed by atoms with E-state index in [1.807, 2.05) is 0 Å². The lowest BCUT2D eigenvalue weighted by Crippen LogP contribution is -2.48. The fourth-order valence-corrected chi connectivity index (χ4v) is 4.47. The Balaban J connectivity index is 2.18. The van der Waals surface area contributed by atoms with Crippen LogP contribution in [0.4, 0.5) is 43.2 Å². The van der Waals surface area contributed by atoms with Crippen LogP contribution in [-0.4, -0.2) is 70.4 Å². The first-order valence-corrected chi connectivity index (χ1v) is 14.1. The molecule has 3 rings (SSSR count). The molecular weight excluding hydrogens is 631 g/mol. The van der Waals surface area contributed by atoms with E-state index in [1.165, 1.54) is 44.3 Å². The number of anilines is 5. The first-order chi connectivity index (χ1) is 20.8. The number of nitrogen functional groups attached to an aromatic ring is 1. The van der Waals surface area contributed by atoms with E-state index in [2.05, 4.69) is 15.1 Å². The highest BCUT2D eigenvalue weighted by atomic mass is 35.5. The molecular formula is C28H36Cl2N8O7. The zero-order valence-electron chi connectivity index (χ0n) is 26.6. The summed E-state index contributed by atoms with van der Waals surface area (Å²) in [6, 6.07) is 1.72. The molecule has 45 heavy (non-hydrogen) atoms. The van der Waals surface area contributed by atoms with E-state index in [0.29, 0.717) is 4.90 Å². The molecule has 0 atom stereocenters. The standard InChI is InChI=1S/C28H36Cl2N8O7/c1-27(2,3)44-25(40)37(23-15(31)13-35(7)34-23)19-12-18(32-14-33-19)36(8)24(39)38(26(41)45-28(4,5)6)22-20(29)16(42-9)11-17(43-10)21(22)30/h11-14H,31H2,1-10H3. The molecule has 0 aliphatic heterocycles. The average molecular weight is 668 g/mol. The molecule has 2 N–H and O–H groups in total. The molecule has 0 spiro atoms. The molecule has 0 aliphatic carbocycles. The molecule has 244 valence electrons. The first-order valence-electron chi connectivity index (χ1n) is 13.3. The predicted octanol–water partition coefficient (Wildman–Crippen LogP) is 6.19. The van der Waals surface area contributed by atoms with Crippen molar-refractivity contribution in [2.24, 2.45) is 7.05 Å². The van der Waals surface area contributed by atoms with Gasteiger partial charge in [0, 0.05) is 32.4 Å². The second-order valence-electron chi connectivity index (χ2n) is 11.5. The van der Waals surface area contributed by atoms with E-state index in [4.69, 9.17) is 47.9 Å². The number of amides is 4. The van der Waals surface area contributed by atoms with Crippen LogP contribution in [0.15, 0.2) is 24.7 Å². The van der Waals surface area contributed by atoms with Crippen LogP contribution in [0.2, 0.25) is 10.0 Å². The molecule has 2 aromatic heterocycles. The number of carbonyl (C=O) groups excluding carboxylic acids is 3. The van der Waals surface area contributed by atoms with Crippen molar-refractivity contribution in [3.05, 3.63) is 34.7 Å². The number of aryl methyl sites for hydroxylation is 1. The number of ether oxygens (including phenoxy) is 4. The highest BCUT2D eigenvalue weighted by molar-refractivity contribution is 6.43. The number of aromatic nitrogens is 4. The van der Waals surface area contributed by atoms with Gasteiger partial charge in [-0.1, -0.05) is 23.2 Å². The molecule has 0 saturated heterocycles. The summed E-state index contributed by atoms with van der Waals surface area (Å²) in [6.07, 6.45) is 0.657. The van der Waals surface area contributed by atoms with Crippen molar-refractivity contribution in [1.82, 2.24) is 19.7 Å². The van der Waals surface area contributed by atoms with Gasteiger partial charge in [0.1, 0.15) is 56.4 Å². The van der Waals surface area contributed by atoms with Crippen LogP contribution in [0.25, 0.3) is 0 Å². The van der Waals surface area contributed by atoms with Gasteiger partial charge in [0.15, 0.2) is 5.82 Å². The Bertz CT molecular complexity index is 1570. The van der Waals surface area contributed by atoms with Crippen LogP contribution >= 0.6 is 23.2 Å². The van der Waals surface area contributed by atoms with E-state index >= 15 is 0 Å². The van der Waals surface area contributed by atoms with Gasteiger partial charge in [-0.2, -0.15) is 10.00 Å². The molecule has 0 fully saturated rings. The minimum absolute atomic E-state index is 0.0304. The van der Waals surface area contributed by atoms with Crippen molar-refractivity contribution < 1.29 is 33.3 Å². The smallest absolute Gasteiger partial charge is 0.423 e. The van der Waals surface area contributed by atoms with Crippen LogP contribution in [0.1, 0.15) is 41.5 Å². The Morgan fingerprint density at radius 1 is 0.867 bits per heavy atom. The number of carbonyl (C=O) groups is 3. The fraction of sp³-hybridized carbons (Fsp3) is 0.429. The number of hydrogen-bond acceptors (Lipinski definition) is 11. The van der Waals surface area contributed by atoms with Crippen molar-refractivity contribution in [3.8, 4) is 11.5 Å². The minimum Gasteiger partial charge on any atom is -0.495 e. The van der Waals surface area contributed by atoms with Gasteiger partial charge in [0.25, 0.3) is 0 Å². The molecule has 0 saturated carbocycles. The summed E-state index contributed by atoms with van der Waals surface area (Å²) in [5, 5.41) is 3.95. The number of halogens is 2. The summed E-state index contributed by atoms with van der Waals surface area (Å²) < 4.78 is 23.2. The lowest BCUT2D eigenvalue weighted by molar-refractivity contribution is 0.0584. The van der Waals surface area contributed by atoms with Gasteiger partial charge in [0.2, 0.25) is 0 Å². The molecule has 0 unspecified atom stereocenters. The molecule has 17 heteroatoms. The Morgan fingerprint density at radius 3 is 1.84 bits per heavy atom. The van der Waals surface area contributed by atoms with Gasteiger partial charge in [0.05, 0.1) is 19.9 Å². The number of nitrogens with two attached hydrogens (primary N) is 1. The molecule has 15 nitrogen and oxygen atoms in total. The number of imide groups is 1. The van der Waals surface area contributed by atoms with Crippen molar-refractivity contribution in [1.29, 1.82) is 0 Å². The van der Waals surface area contributed by atoms with Crippen molar-refractivity contribution in [2.45, 2.75) is 52.7 Å². The van der Waals surface area contributed by atoms with E-state index in [0.717, 1.165) is 16.1 Å². The van der Waals surface area contributed by atoms with Gasteiger partial charge in [-0.15, -0.1) is 0 Å². The van der Waals surface area contributed by atoms with Crippen LogP contribution in [0.5, 0.6) is 11.5 Å². The molecule has 0 radical (unpaired) electrons. The Hall–Kier alpha value is -4.50. The zero-order valence-corrected chi connectivity index (χ0v) is 28.1. The average Bonchev–Trinajstić information content (AvgIpc) is 3.25. The second-order valence-corrected chi connectivity index (χ2v) is 12.3. The zero-order chi connectivity index (χ0) is 34.0. The SMILES string of the molecule is COc1cc(OC)c(Cl)c(N(C(=O)OC(C)(C)C)C(=O)N(C)c2cc(N(C(=O)OC(C)(C)C)c3nn(C)cc3N)ncn2)c1Cl. The maximum Gasteiger partial charge on any atom is 0.423 e. The van der Waals surface area contributed by atoms with Crippen molar-refractivity contribution >= 4 is 70.2 Å². The number of rotatable bonds is 6. The maximum atomic E-state index is 14.2. The number of hydrogen-bond donors (Lipinski definition) is 1. The lowest BCUT2D eigenvalue weighted by Gasteiger charge is -2.31. The molecule has 0 aliphatic rings. The summed E-state index contributed by atoms with van der Waals surface area (Å²) in [4.78, 5) is 52.2. The Labute approximate surface area is 270 Å². The Morgan fingerprint density at radius 2 is 1.38 bits per heavy atom. The summed E-state index contributed by atoms with van der Waals surface area (Å²) >= 11 is 13.2. The van der Waals surface area contributed by atoms with Crippen LogP contribution in [-0.2, 0) is 16.5 Å². The summed E-state index contributed by atoms with van der Waals surface area (Å²) in [6.45, 7) is 9.95. The largest absolute Gasteiger partial charge is 0.495 e.